The molecule has 1 saturated heterocycles. The number of rotatable bonds is 2. The van der Waals surface area contributed by atoms with E-state index in [-0.39, 0.29) is 17.5 Å². The Morgan fingerprint density at radius 1 is 0.786 bits per heavy atom. The highest BCUT2D eigenvalue weighted by molar-refractivity contribution is 6.30. The van der Waals surface area contributed by atoms with Gasteiger partial charge in [0.25, 0.3) is 11.8 Å². The Morgan fingerprint density at radius 3 is 2.04 bits per heavy atom. The Bertz CT molecular complexity index is 1090. The topological polar surface area (TPSA) is 89.3 Å². The minimum atomic E-state index is -0.300. The number of nitrogens with zero attached hydrogens (tertiary/aromatic N) is 2. The van der Waals surface area contributed by atoms with Crippen LogP contribution in [0.1, 0.15) is 27.1 Å². The minimum Gasteiger partial charge on any atom is -0.337 e. The summed E-state index contributed by atoms with van der Waals surface area (Å²) in [4.78, 5) is 45.8. The molecule has 1 fully saturated rings. The lowest BCUT2D eigenvalue weighted by molar-refractivity contribution is 0.0719. The molecule has 0 unspecified atom stereocenters. The second-order valence-corrected chi connectivity index (χ2v) is 7.22. The van der Waals surface area contributed by atoms with Crippen LogP contribution in [0, 0.1) is 0 Å². The average Bonchev–Trinajstić information content (AvgIpc) is 2.90. The normalized spacial score (nSPS) is 14.9. The Kier molecular flexibility index (Phi) is 4.92. The standard InChI is InChI=1S/C20H19ClN4O3/c21-15-5-2-13(3-6-15)18(26)24-8-1-9-25(11-10-24)19(27)14-4-7-16-17(12-14)23-20(28)22-16/h2-7,12H,1,8-11H2,(H2,22,23,28). The van der Waals surface area contributed by atoms with E-state index in [9.17, 15) is 14.4 Å². The van der Waals surface area contributed by atoms with Gasteiger partial charge in [-0.2, -0.15) is 0 Å². The SMILES string of the molecule is O=C(c1ccc(Cl)cc1)N1CCCN(C(=O)c2ccc3[nH]c(=O)[nH]c3c2)CC1. The molecule has 2 amide bonds. The molecule has 3 aromatic rings. The van der Waals surface area contributed by atoms with Crippen LogP contribution >= 0.6 is 11.6 Å². The smallest absolute Gasteiger partial charge is 0.323 e. The molecular formula is C20H19ClN4O3. The molecule has 8 heteroatoms. The lowest BCUT2D eigenvalue weighted by Gasteiger charge is -2.22. The maximum absolute atomic E-state index is 12.9. The van der Waals surface area contributed by atoms with Crippen molar-refractivity contribution in [2.75, 3.05) is 26.2 Å². The zero-order valence-corrected chi connectivity index (χ0v) is 15.8. The number of carbonyl (C=O) groups excluding carboxylic acids is 2. The molecule has 1 aliphatic heterocycles. The molecule has 4 rings (SSSR count). The molecular weight excluding hydrogens is 380 g/mol. The van der Waals surface area contributed by atoms with E-state index in [1.54, 1.807) is 52.3 Å². The van der Waals surface area contributed by atoms with Gasteiger partial charge in [-0.3, -0.25) is 9.59 Å². The van der Waals surface area contributed by atoms with Gasteiger partial charge in [-0.25, -0.2) is 4.79 Å². The summed E-state index contributed by atoms with van der Waals surface area (Å²) in [5.41, 5.74) is 2.07. The van der Waals surface area contributed by atoms with Gasteiger partial charge in [0.05, 0.1) is 11.0 Å². The average molecular weight is 399 g/mol. The number of hydrogen-bond donors (Lipinski definition) is 2. The summed E-state index contributed by atoms with van der Waals surface area (Å²) in [7, 11) is 0. The first-order chi connectivity index (χ1) is 13.5. The number of halogens is 1. The van der Waals surface area contributed by atoms with Crippen LogP contribution in [-0.4, -0.2) is 57.8 Å². The van der Waals surface area contributed by atoms with E-state index < -0.39 is 0 Å². The fourth-order valence-electron chi connectivity index (χ4n) is 3.45. The number of benzene rings is 2. The van der Waals surface area contributed by atoms with E-state index in [0.29, 0.717) is 59.8 Å². The molecule has 0 bridgehead atoms. The number of aromatic amines is 2. The quantitative estimate of drug-likeness (QED) is 0.695. The Morgan fingerprint density at radius 2 is 1.36 bits per heavy atom. The van der Waals surface area contributed by atoms with Gasteiger partial charge in [-0.15, -0.1) is 0 Å². The molecule has 0 aliphatic carbocycles. The molecule has 2 N–H and O–H groups in total. The van der Waals surface area contributed by atoms with Gasteiger partial charge < -0.3 is 19.8 Å². The Hall–Kier alpha value is -3.06. The third-order valence-corrected chi connectivity index (χ3v) is 5.18. The predicted molar refractivity (Wildman–Crippen MR) is 107 cm³/mol. The summed E-state index contributed by atoms with van der Waals surface area (Å²) in [6.07, 6.45) is 0.703. The molecule has 0 atom stereocenters. The van der Waals surface area contributed by atoms with Crippen molar-refractivity contribution in [1.82, 2.24) is 19.8 Å². The van der Waals surface area contributed by atoms with Crippen LogP contribution in [0.4, 0.5) is 0 Å². The van der Waals surface area contributed by atoms with Gasteiger partial charge in [0.15, 0.2) is 0 Å². The molecule has 28 heavy (non-hydrogen) atoms. The van der Waals surface area contributed by atoms with Crippen molar-refractivity contribution in [1.29, 1.82) is 0 Å². The third kappa shape index (κ3) is 3.66. The lowest BCUT2D eigenvalue weighted by Crippen LogP contribution is -2.37. The number of carbonyl (C=O) groups is 2. The fourth-order valence-corrected chi connectivity index (χ4v) is 3.57. The number of hydrogen-bond acceptors (Lipinski definition) is 3. The van der Waals surface area contributed by atoms with Crippen LogP contribution in [0.25, 0.3) is 11.0 Å². The molecule has 2 heterocycles. The van der Waals surface area contributed by atoms with Gasteiger partial charge >= 0.3 is 5.69 Å². The molecule has 0 saturated carbocycles. The number of amides is 2. The third-order valence-electron chi connectivity index (χ3n) is 4.92. The summed E-state index contributed by atoms with van der Waals surface area (Å²) >= 11 is 5.89. The number of imidazole rings is 1. The van der Waals surface area contributed by atoms with E-state index in [1.807, 2.05) is 0 Å². The van der Waals surface area contributed by atoms with E-state index in [1.165, 1.54) is 0 Å². The second-order valence-electron chi connectivity index (χ2n) is 6.78. The van der Waals surface area contributed by atoms with Gasteiger partial charge in [0, 0.05) is 42.3 Å². The van der Waals surface area contributed by atoms with Crippen LogP contribution in [0.2, 0.25) is 5.02 Å². The van der Waals surface area contributed by atoms with Gasteiger partial charge in [0.2, 0.25) is 0 Å². The Balaban J connectivity index is 1.46. The predicted octanol–water partition coefficient (Wildman–Crippen LogP) is 2.50. The van der Waals surface area contributed by atoms with E-state index in [4.69, 9.17) is 11.6 Å². The molecule has 144 valence electrons. The summed E-state index contributed by atoms with van der Waals surface area (Å²) < 4.78 is 0. The molecule has 0 spiro atoms. The molecule has 0 radical (unpaired) electrons. The summed E-state index contributed by atoms with van der Waals surface area (Å²) in [5.74, 6) is -0.165. The van der Waals surface area contributed by atoms with Crippen LogP contribution in [0.5, 0.6) is 0 Å². The van der Waals surface area contributed by atoms with E-state index in [2.05, 4.69) is 9.97 Å². The van der Waals surface area contributed by atoms with Crippen molar-refractivity contribution in [3.05, 3.63) is 69.1 Å². The summed E-state index contributed by atoms with van der Waals surface area (Å²) in [5, 5.41) is 0.588. The first kappa shape index (κ1) is 18.3. The molecule has 7 nitrogen and oxygen atoms in total. The maximum Gasteiger partial charge on any atom is 0.323 e. The van der Waals surface area contributed by atoms with Crippen molar-refractivity contribution >= 4 is 34.4 Å². The summed E-state index contributed by atoms with van der Waals surface area (Å²) in [6, 6.07) is 11.9. The largest absolute Gasteiger partial charge is 0.337 e. The number of nitrogens with one attached hydrogen (secondary N) is 2. The molecule has 1 aliphatic rings. The first-order valence-electron chi connectivity index (χ1n) is 9.07. The van der Waals surface area contributed by atoms with Gasteiger partial charge in [-0.1, -0.05) is 11.6 Å². The van der Waals surface area contributed by atoms with Crippen LogP contribution in [0.15, 0.2) is 47.3 Å². The van der Waals surface area contributed by atoms with Crippen molar-refractivity contribution < 1.29 is 9.59 Å². The van der Waals surface area contributed by atoms with Crippen molar-refractivity contribution in [2.45, 2.75) is 6.42 Å². The molecule has 2 aromatic carbocycles. The zero-order valence-electron chi connectivity index (χ0n) is 15.1. The lowest BCUT2D eigenvalue weighted by atomic mass is 10.1. The zero-order chi connectivity index (χ0) is 19.7. The van der Waals surface area contributed by atoms with E-state index >= 15 is 0 Å². The Labute approximate surface area is 165 Å². The van der Waals surface area contributed by atoms with Crippen LogP contribution < -0.4 is 5.69 Å². The number of aromatic nitrogens is 2. The number of fused-ring (bicyclic) bond motifs is 1. The highest BCUT2D eigenvalue weighted by Crippen LogP contribution is 2.16. The second kappa shape index (κ2) is 7.52. The van der Waals surface area contributed by atoms with Crippen molar-refractivity contribution in [3.8, 4) is 0 Å². The first-order valence-corrected chi connectivity index (χ1v) is 9.45. The number of H-pyrrole nitrogens is 2. The van der Waals surface area contributed by atoms with Crippen molar-refractivity contribution in [3.63, 3.8) is 0 Å². The van der Waals surface area contributed by atoms with Gasteiger partial charge in [-0.05, 0) is 48.9 Å². The van der Waals surface area contributed by atoms with Crippen LogP contribution in [0.3, 0.4) is 0 Å². The van der Waals surface area contributed by atoms with Crippen molar-refractivity contribution in [2.24, 2.45) is 0 Å². The highest BCUT2D eigenvalue weighted by Gasteiger charge is 2.23. The minimum absolute atomic E-state index is 0.0581. The fraction of sp³-hybridized carbons (Fsp3) is 0.250. The highest BCUT2D eigenvalue weighted by atomic mass is 35.5. The van der Waals surface area contributed by atoms with Crippen LogP contribution in [-0.2, 0) is 0 Å². The monoisotopic (exact) mass is 398 g/mol. The molecule has 1 aromatic heterocycles. The van der Waals surface area contributed by atoms with Gasteiger partial charge in [0.1, 0.15) is 0 Å². The van der Waals surface area contributed by atoms with E-state index in [0.717, 1.165) is 0 Å². The summed E-state index contributed by atoms with van der Waals surface area (Å²) in [6.45, 7) is 2.09. The maximum atomic E-state index is 12.9.